The van der Waals surface area contributed by atoms with Crippen molar-refractivity contribution in [2.45, 2.75) is 44.6 Å². The molecular formula is C26H32N2O3. The Morgan fingerprint density at radius 2 is 1.68 bits per heavy atom. The molecule has 1 saturated carbocycles. The first-order chi connectivity index (χ1) is 15.1. The van der Waals surface area contributed by atoms with E-state index in [1.54, 1.807) is 7.11 Å². The number of aryl methyl sites for hydroxylation is 1. The molecule has 2 aliphatic rings. The maximum absolute atomic E-state index is 13.0. The molecule has 1 atom stereocenters. The van der Waals surface area contributed by atoms with Crippen molar-refractivity contribution in [2.24, 2.45) is 11.8 Å². The summed E-state index contributed by atoms with van der Waals surface area (Å²) in [6.07, 6.45) is 5.09. The lowest BCUT2D eigenvalue weighted by Crippen LogP contribution is -2.44. The summed E-state index contributed by atoms with van der Waals surface area (Å²) in [6, 6.07) is 18.2. The van der Waals surface area contributed by atoms with E-state index >= 15 is 0 Å². The van der Waals surface area contributed by atoms with Gasteiger partial charge in [-0.15, -0.1) is 0 Å². The first-order valence-corrected chi connectivity index (χ1v) is 11.4. The third-order valence-electron chi connectivity index (χ3n) is 6.55. The number of piperidine rings is 1. The van der Waals surface area contributed by atoms with Crippen LogP contribution in [0.2, 0.25) is 0 Å². The Morgan fingerprint density at radius 3 is 2.29 bits per heavy atom. The Bertz CT molecular complexity index is 869. The van der Waals surface area contributed by atoms with Crippen LogP contribution in [0.4, 0.5) is 0 Å². The maximum atomic E-state index is 13.0. The topological polar surface area (TPSA) is 58.6 Å². The zero-order valence-corrected chi connectivity index (χ0v) is 18.3. The molecule has 2 fully saturated rings. The fourth-order valence-corrected chi connectivity index (χ4v) is 4.43. The van der Waals surface area contributed by atoms with Crippen molar-refractivity contribution in [2.75, 3.05) is 20.2 Å². The smallest absolute Gasteiger partial charge is 0.223 e. The summed E-state index contributed by atoms with van der Waals surface area (Å²) in [5, 5.41) is 3.31. The number of rotatable bonds is 8. The molecule has 2 amide bonds. The summed E-state index contributed by atoms with van der Waals surface area (Å²) in [6.45, 7) is 1.34. The number of amides is 2. The first kappa shape index (κ1) is 21.4. The minimum absolute atomic E-state index is 0.0160. The zero-order chi connectivity index (χ0) is 21.6. The summed E-state index contributed by atoms with van der Waals surface area (Å²) in [5.41, 5.74) is 2.33. The van der Waals surface area contributed by atoms with Crippen molar-refractivity contribution in [1.29, 1.82) is 0 Å². The molecule has 164 valence electrons. The van der Waals surface area contributed by atoms with E-state index in [2.05, 4.69) is 29.6 Å². The molecule has 5 heteroatoms. The number of carbonyl (C=O) groups excluding carboxylic acids is 2. The number of ether oxygens (including phenoxy) is 1. The molecule has 1 heterocycles. The van der Waals surface area contributed by atoms with E-state index in [-0.39, 0.29) is 23.8 Å². The normalized spacial score (nSPS) is 17.8. The number of likely N-dealkylation sites (tertiary alicyclic amines) is 1. The molecule has 1 aliphatic carbocycles. The van der Waals surface area contributed by atoms with Gasteiger partial charge in [-0.25, -0.2) is 0 Å². The lowest BCUT2D eigenvalue weighted by Gasteiger charge is -2.32. The average molecular weight is 421 g/mol. The monoisotopic (exact) mass is 420 g/mol. The fraction of sp³-hybridized carbons (Fsp3) is 0.462. The molecule has 2 aromatic carbocycles. The van der Waals surface area contributed by atoms with Crippen LogP contribution in [0, 0.1) is 11.8 Å². The molecule has 31 heavy (non-hydrogen) atoms. The van der Waals surface area contributed by atoms with Crippen LogP contribution in [-0.4, -0.2) is 36.9 Å². The van der Waals surface area contributed by atoms with Gasteiger partial charge in [-0.05, 0) is 61.3 Å². The van der Waals surface area contributed by atoms with Gasteiger partial charge in [0.2, 0.25) is 11.8 Å². The van der Waals surface area contributed by atoms with Crippen LogP contribution in [0.3, 0.4) is 0 Å². The van der Waals surface area contributed by atoms with Gasteiger partial charge in [0.05, 0.1) is 13.2 Å². The molecule has 1 N–H and O–H groups in total. The van der Waals surface area contributed by atoms with Gasteiger partial charge in [-0.3, -0.25) is 9.59 Å². The van der Waals surface area contributed by atoms with E-state index in [0.717, 1.165) is 43.4 Å². The summed E-state index contributed by atoms with van der Waals surface area (Å²) in [4.78, 5) is 27.5. The Balaban J connectivity index is 1.26. The van der Waals surface area contributed by atoms with Gasteiger partial charge in [-0.2, -0.15) is 0 Å². The molecule has 5 nitrogen and oxygen atoms in total. The molecule has 0 bridgehead atoms. The second kappa shape index (κ2) is 9.99. The highest BCUT2D eigenvalue weighted by atomic mass is 16.5. The number of nitrogens with one attached hydrogen (secondary N) is 1. The zero-order valence-electron chi connectivity index (χ0n) is 18.3. The van der Waals surface area contributed by atoms with Crippen LogP contribution in [0.5, 0.6) is 5.75 Å². The number of hydrogen-bond donors (Lipinski definition) is 1. The van der Waals surface area contributed by atoms with Crippen molar-refractivity contribution < 1.29 is 14.3 Å². The van der Waals surface area contributed by atoms with Crippen LogP contribution in [0.1, 0.15) is 49.3 Å². The average Bonchev–Trinajstić information content (AvgIpc) is 3.67. The predicted octanol–water partition coefficient (Wildman–Crippen LogP) is 4.13. The van der Waals surface area contributed by atoms with E-state index in [1.807, 2.05) is 35.2 Å². The number of hydrogen-bond acceptors (Lipinski definition) is 3. The maximum Gasteiger partial charge on any atom is 0.223 e. The molecule has 0 radical (unpaired) electrons. The van der Waals surface area contributed by atoms with Crippen LogP contribution in [0.15, 0.2) is 54.6 Å². The SMILES string of the molecule is COc1ccc(C(NC(=O)C2CCN(C(=O)CCc3ccccc3)CC2)C2CC2)cc1. The third kappa shape index (κ3) is 5.66. The van der Waals surface area contributed by atoms with Gasteiger partial charge in [0.25, 0.3) is 0 Å². The lowest BCUT2D eigenvalue weighted by molar-refractivity contribution is -0.135. The number of carbonyl (C=O) groups is 2. The van der Waals surface area contributed by atoms with Crippen molar-refractivity contribution in [3.8, 4) is 5.75 Å². The van der Waals surface area contributed by atoms with E-state index < -0.39 is 0 Å². The predicted molar refractivity (Wildman–Crippen MR) is 121 cm³/mol. The molecule has 0 spiro atoms. The summed E-state index contributed by atoms with van der Waals surface area (Å²) in [7, 11) is 1.66. The molecule has 1 aliphatic heterocycles. The van der Waals surface area contributed by atoms with E-state index in [0.29, 0.717) is 25.4 Å². The van der Waals surface area contributed by atoms with Gasteiger partial charge >= 0.3 is 0 Å². The number of methoxy groups -OCH3 is 1. The van der Waals surface area contributed by atoms with Gasteiger partial charge in [0, 0.05) is 25.4 Å². The van der Waals surface area contributed by atoms with Crippen LogP contribution in [0.25, 0.3) is 0 Å². The Hall–Kier alpha value is -2.82. The Labute approximate surface area is 184 Å². The standard InChI is InChI=1S/C26H32N2O3/c1-31-23-12-10-21(11-13-23)25(20-8-9-20)27-26(30)22-15-17-28(18-16-22)24(29)14-7-19-5-3-2-4-6-19/h2-6,10-13,20,22,25H,7-9,14-18H2,1H3,(H,27,30). The lowest BCUT2D eigenvalue weighted by atomic mass is 9.94. The molecular weight excluding hydrogens is 388 g/mol. The van der Waals surface area contributed by atoms with Gasteiger partial charge in [0.15, 0.2) is 0 Å². The summed E-state index contributed by atoms with van der Waals surface area (Å²) in [5.74, 6) is 1.66. The molecule has 0 aromatic heterocycles. The second-order valence-electron chi connectivity index (χ2n) is 8.74. The quantitative estimate of drug-likeness (QED) is 0.698. The highest BCUT2D eigenvalue weighted by Gasteiger charge is 2.35. The third-order valence-corrected chi connectivity index (χ3v) is 6.55. The van der Waals surface area contributed by atoms with Gasteiger partial charge < -0.3 is 15.0 Å². The van der Waals surface area contributed by atoms with E-state index in [1.165, 1.54) is 5.56 Å². The minimum atomic E-state index is -0.0160. The van der Waals surface area contributed by atoms with Crippen molar-refractivity contribution in [3.05, 3.63) is 65.7 Å². The van der Waals surface area contributed by atoms with E-state index in [4.69, 9.17) is 4.74 Å². The summed E-state index contributed by atoms with van der Waals surface area (Å²) < 4.78 is 5.25. The van der Waals surface area contributed by atoms with Gasteiger partial charge in [-0.1, -0.05) is 42.5 Å². The Kier molecular flexibility index (Phi) is 6.90. The largest absolute Gasteiger partial charge is 0.497 e. The molecule has 4 rings (SSSR count). The molecule has 2 aromatic rings. The minimum Gasteiger partial charge on any atom is -0.497 e. The van der Waals surface area contributed by atoms with Crippen LogP contribution >= 0.6 is 0 Å². The summed E-state index contributed by atoms with van der Waals surface area (Å²) >= 11 is 0. The highest BCUT2D eigenvalue weighted by Crippen LogP contribution is 2.41. The van der Waals surface area contributed by atoms with Crippen LogP contribution in [-0.2, 0) is 16.0 Å². The Morgan fingerprint density at radius 1 is 1.00 bits per heavy atom. The van der Waals surface area contributed by atoms with Crippen molar-refractivity contribution >= 4 is 11.8 Å². The first-order valence-electron chi connectivity index (χ1n) is 11.4. The number of nitrogens with zero attached hydrogens (tertiary/aromatic N) is 1. The number of benzene rings is 2. The molecule has 1 unspecified atom stereocenters. The van der Waals surface area contributed by atoms with Crippen molar-refractivity contribution in [3.63, 3.8) is 0 Å². The second-order valence-corrected chi connectivity index (χ2v) is 8.74. The van der Waals surface area contributed by atoms with Crippen molar-refractivity contribution in [1.82, 2.24) is 10.2 Å². The van der Waals surface area contributed by atoms with Crippen LogP contribution < -0.4 is 10.1 Å². The highest BCUT2D eigenvalue weighted by molar-refractivity contribution is 5.80. The molecule has 1 saturated heterocycles. The van der Waals surface area contributed by atoms with E-state index in [9.17, 15) is 9.59 Å². The fourth-order valence-electron chi connectivity index (χ4n) is 4.43. The van der Waals surface area contributed by atoms with Gasteiger partial charge in [0.1, 0.15) is 5.75 Å².